The molecule has 1 aromatic rings. The molecule has 1 atom stereocenters. The Balaban J connectivity index is 2.10. The van der Waals surface area contributed by atoms with Crippen molar-refractivity contribution in [2.45, 2.75) is 45.4 Å². The van der Waals surface area contributed by atoms with Crippen LogP contribution in [0.3, 0.4) is 0 Å². The van der Waals surface area contributed by atoms with Gasteiger partial charge in [0, 0.05) is 13.2 Å². The van der Waals surface area contributed by atoms with Gasteiger partial charge in [0.2, 0.25) is 0 Å². The third kappa shape index (κ3) is 3.30. The number of ether oxygens (including phenoxy) is 2. The van der Waals surface area contributed by atoms with E-state index in [1.807, 2.05) is 0 Å². The molecule has 0 aliphatic carbocycles. The monoisotopic (exact) mass is 268 g/mol. The molecule has 2 rings (SSSR count). The zero-order valence-corrected chi connectivity index (χ0v) is 11.2. The van der Waals surface area contributed by atoms with Gasteiger partial charge in [-0.05, 0) is 26.2 Å². The summed E-state index contributed by atoms with van der Waals surface area (Å²) in [6.45, 7) is 3.62. The Bertz CT molecular complexity index is 427. The van der Waals surface area contributed by atoms with Crippen molar-refractivity contribution in [1.82, 2.24) is 15.0 Å². The summed E-state index contributed by atoms with van der Waals surface area (Å²) >= 11 is 0. The van der Waals surface area contributed by atoms with Crippen LogP contribution in [0, 0.1) is 0 Å². The van der Waals surface area contributed by atoms with Crippen LogP contribution in [0.1, 0.15) is 42.4 Å². The maximum atomic E-state index is 11.7. The van der Waals surface area contributed by atoms with E-state index >= 15 is 0 Å². The number of carbonyl (C=O) groups is 1. The summed E-state index contributed by atoms with van der Waals surface area (Å²) in [5.74, 6) is -0.473. The van der Waals surface area contributed by atoms with E-state index in [0.717, 1.165) is 25.9 Å². The minimum atomic E-state index is -0.473. The number of nitrogens with two attached hydrogens (primary N) is 1. The zero-order chi connectivity index (χ0) is 13.7. The van der Waals surface area contributed by atoms with Gasteiger partial charge in [-0.25, -0.2) is 9.48 Å². The third-order valence-electron chi connectivity index (χ3n) is 3.15. The predicted molar refractivity (Wildman–Crippen MR) is 67.5 cm³/mol. The molecule has 7 nitrogen and oxygen atoms in total. The Labute approximate surface area is 112 Å². The van der Waals surface area contributed by atoms with Crippen molar-refractivity contribution < 1.29 is 14.3 Å². The molecule has 0 aromatic carbocycles. The van der Waals surface area contributed by atoms with Gasteiger partial charge < -0.3 is 15.2 Å². The quantitative estimate of drug-likeness (QED) is 0.781. The number of esters is 1. The SMILES string of the molecule is CCOC(=O)c1nnn(CC2CCCCO2)c1CN. The maximum Gasteiger partial charge on any atom is 0.360 e. The van der Waals surface area contributed by atoms with Crippen LogP contribution >= 0.6 is 0 Å². The summed E-state index contributed by atoms with van der Waals surface area (Å²) in [5.41, 5.74) is 6.50. The average molecular weight is 268 g/mol. The van der Waals surface area contributed by atoms with E-state index in [2.05, 4.69) is 10.3 Å². The second-order valence-electron chi connectivity index (χ2n) is 4.48. The van der Waals surface area contributed by atoms with Crippen LogP contribution in [0.5, 0.6) is 0 Å². The smallest absolute Gasteiger partial charge is 0.360 e. The van der Waals surface area contributed by atoms with Crippen molar-refractivity contribution in [3.05, 3.63) is 11.4 Å². The summed E-state index contributed by atoms with van der Waals surface area (Å²) in [5, 5.41) is 7.86. The lowest BCUT2D eigenvalue weighted by molar-refractivity contribution is 0.00320. The Morgan fingerprint density at radius 2 is 2.42 bits per heavy atom. The van der Waals surface area contributed by atoms with Crippen molar-refractivity contribution >= 4 is 5.97 Å². The van der Waals surface area contributed by atoms with Crippen LogP contribution in [0.15, 0.2) is 0 Å². The largest absolute Gasteiger partial charge is 0.461 e. The van der Waals surface area contributed by atoms with Crippen LogP contribution in [-0.2, 0) is 22.6 Å². The minimum Gasteiger partial charge on any atom is -0.461 e. The molecule has 0 bridgehead atoms. The third-order valence-corrected chi connectivity index (χ3v) is 3.15. The van der Waals surface area contributed by atoms with Crippen molar-refractivity contribution in [3.8, 4) is 0 Å². The van der Waals surface area contributed by atoms with Crippen LogP contribution in [0.4, 0.5) is 0 Å². The number of hydrogen-bond acceptors (Lipinski definition) is 6. The Morgan fingerprint density at radius 1 is 1.58 bits per heavy atom. The molecule has 1 aliphatic heterocycles. The highest BCUT2D eigenvalue weighted by Crippen LogP contribution is 2.16. The van der Waals surface area contributed by atoms with E-state index in [1.165, 1.54) is 0 Å². The maximum absolute atomic E-state index is 11.7. The van der Waals surface area contributed by atoms with Crippen LogP contribution in [0.25, 0.3) is 0 Å². The molecule has 1 unspecified atom stereocenters. The molecule has 7 heteroatoms. The Hall–Kier alpha value is -1.47. The number of aromatic nitrogens is 3. The van der Waals surface area contributed by atoms with Crippen LogP contribution in [-0.4, -0.2) is 40.3 Å². The molecular weight excluding hydrogens is 248 g/mol. The molecule has 1 saturated heterocycles. The number of carbonyl (C=O) groups excluding carboxylic acids is 1. The summed E-state index contributed by atoms with van der Waals surface area (Å²) in [4.78, 5) is 11.7. The first-order valence-corrected chi connectivity index (χ1v) is 6.67. The first-order chi connectivity index (χ1) is 9.26. The molecule has 2 N–H and O–H groups in total. The second-order valence-corrected chi connectivity index (χ2v) is 4.48. The van der Waals surface area contributed by atoms with Gasteiger partial charge in [0.15, 0.2) is 5.69 Å². The van der Waals surface area contributed by atoms with Gasteiger partial charge >= 0.3 is 5.97 Å². The van der Waals surface area contributed by atoms with Gasteiger partial charge in [0.1, 0.15) is 0 Å². The van der Waals surface area contributed by atoms with Gasteiger partial charge in [-0.1, -0.05) is 5.21 Å². The fraction of sp³-hybridized carbons (Fsp3) is 0.750. The second kappa shape index (κ2) is 6.63. The van der Waals surface area contributed by atoms with Gasteiger partial charge in [0.25, 0.3) is 0 Å². The number of rotatable bonds is 5. The standard InChI is InChI=1S/C12H20N4O3/c1-2-18-12(17)11-10(7-13)16(15-14-11)8-9-5-3-4-6-19-9/h9H,2-8,13H2,1H3. The van der Waals surface area contributed by atoms with E-state index in [9.17, 15) is 4.79 Å². The van der Waals surface area contributed by atoms with Crippen molar-refractivity contribution in [2.75, 3.05) is 13.2 Å². The first-order valence-electron chi connectivity index (χ1n) is 6.67. The van der Waals surface area contributed by atoms with Crippen molar-refractivity contribution in [2.24, 2.45) is 5.73 Å². The molecule has 1 fully saturated rings. The highest BCUT2D eigenvalue weighted by molar-refractivity contribution is 5.88. The molecule has 1 aromatic heterocycles. The lowest BCUT2D eigenvalue weighted by atomic mass is 10.1. The van der Waals surface area contributed by atoms with Crippen LogP contribution in [0.2, 0.25) is 0 Å². The minimum absolute atomic E-state index is 0.121. The van der Waals surface area contributed by atoms with E-state index in [4.69, 9.17) is 15.2 Å². The van der Waals surface area contributed by atoms with Gasteiger partial charge in [0.05, 0.1) is 24.9 Å². The van der Waals surface area contributed by atoms with Gasteiger partial charge in [-0.2, -0.15) is 0 Å². The lowest BCUT2D eigenvalue weighted by Gasteiger charge is -2.22. The molecule has 2 heterocycles. The van der Waals surface area contributed by atoms with Crippen molar-refractivity contribution in [1.29, 1.82) is 0 Å². The molecule has 0 saturated carbocycles. The first kappa shape index (κ1) is 14.0. The fourth-order valence-corrected chi connectivity index (χ4v) is 2.18. The fourth-order valence-electron chi connectivity index (χ4n) is 2.18. The molecule has 1 aliphatic rings. The Morgan fingerprint density at radius 3 is 3.05 bits per heavy atom. The normalized spacial score (nSPS) is 19.4. The van der Waals surface area contributed by atoms with Gasteiger partial charge in [-0.3, -0.25) is 0 Å². The molecule has 19 heavy (non-hydrogen) atoms. The summed E-state index contributed by atoms with van der Waals surface area (Å²) in [7, 11) is 0. The molecule has 0 spiro atoms. The molecule has 106 valence electrons. The lowest BCUT2D eigenvalue weighted by Crippen LogP contribution is -2.26. The summed E-state index contributed by atoms with van der Waals surface area (Å²) in [6, 6.07) is 0. The Kier molecular flexibility index (Phi) is 4.86. The highest BCUT2D eigenvalue weighted by Gasteiger charge is 2.22. The van der Waals surface area contributed by atoms with Gasteiger partial charge in [-0.15, -0.1) is 5.10 Å². The summed E-state index contributed by atoms with van der Waals surface area (Å²) < 4.78 is 12.2. The molecule has 0 radical (unpaired) electrons. The topological polar surface area (TPSA) is 92.3 Å². The van der Waals surface area contributed by atoms with E-state index in [-0.39, 0.29) is 18.3 Å². The zero-order valence-electron chi connectivity index (χ0n) is 11.2. The predicted octanol–water partition coefficient (Wildman–Crippen LogP) is 0.483. The summed E-state index contributed by atoms with van der Waals surface area (Å²) in [6.07, 6.45) is 3.38. The number of hydrogen-bond donors (Lipinski definition) is 1. The highest BCUT2D eigenvalue weighted by atomic mass is 16.5. The van der Waals surface area contributed by atoms with E-state index in [0.29, 0.717) is 18.8 Å². The average Bonchev–Trinajstić information content (AvgIpc) is 2.83. The van der Waals surface area contributed by atoms with Crippen LogP contribution < -0.4 is 5.73 Å². The molecular formula is C12H20N4O3. The van der Waals surface area contributed by atoms with E-state index < -0.39 is 5.97 Å². The molecule has 0 amide bonds. The number of nitrogens with zero attached hydrogens (tertiary/aromatic N) is 3. The van der Waals surface area contributed by atoms with Crippen molar-refractivity contribution in [3.63, 3.8) is 0 Å². The van der Waals surface area contributed by atoms with E-state index in [1.54, 1.807) is 11.6 Å².